The number of hydrogen-bond acceptors (Lipinski definition) is 4. The maximum absolute atomic E-state index is 13.4. The molecule has 1 N–H and O–H groups in total. The number of nitrogens with zero attached hydrogens (tertiary/aromatic N) is 3. The molecular formula is C26H36N4O3. The van der Waals surface area contributed by atoms with Crippen molar-refractivity contribution in [3.63, 3.8) is 0 Å². The van der Waals surface area contributed by atoms with E-state index >= 15 is 0 Å². The van der Waals surface area contributed by atoms with Gasteiger partial charge in [-0.15, -0.1) is 0 Å². The number of benzene rings is 1. The summed E-state index contributed by atoms with van der Waals surface area (Å²) >= 11 is 0. The predicted octanol–water partition coefficient (Wildman–Crippen LogP) is 3.58. The van der Waals surface area contributed by atoms with Crippen molar-refractivity contribution in [3.05, 3.63) is 48.3 Å². The molecule has 2 aliphatic heterocycles. The molecule has 0 bridgehead atoms. The molecule has 0 radical (unpaired) electrons. The summed E-state index contributed by atoms with van der Waals surface area (Å²) in [5, 5.41) is 7.40. The fraction of sp³-hybridized carbons (Fsp3) is 0.577. The molecular weight excluding hydrogens is 416 g/mol. The van der Waals surface area contributed by atoms with Crippen molar-refractivity contribution < 1.29 is 14.3 Å². The Hall–Kier alpha value is -2.83. The molecule has 0 saturated carbocycles. The predicted molar refractivity (Wildman–Crippen MR) is 127 cm³/mol. The Balaban J connectivity index is 1.34. The van der Waals surface area contributed by atoms with E-state index in [1.54, 1.807) is 6.20 Å². The lowest BCUT2D eigenvalue weighted by Crippen LogP contribution is -2.52. The second kappa shape index (κ2) is 10.9. The van der Waals surface area contributed by atoms with E-state index in [1.807, 2.05) is 40.9 Å². The third-order valence-corrected chi connectivity index (χ3v) is 7.08. The molecule has 1 saturated heterocycles. The Morgan fingerprint density at radius 2 is 2.00 bits per heavy atom. The van der Waals surface area contributed by atoms with Crippen LogP contribution in [0.4, 0.5) is 0 Å². The molecule has 1 spiro atoms. The summed E-state index contributed by atoms with van der Waals surface area (Å²) < 4.78 is 7.89. The van der Waals surface area contributed by atoms with Crippen molar-refractivity contribution >= 4 is 11.8 Å². The van der Waals surface area contributed by atoms with Crippen LogP contribution in [0, 0.1) is 5.41 Å². The molecule has 2 aliphatic rings. The Bertz CT molecular complexity index is 919. The third kappa shape index (κ3) is 5.95. The van der Waals surface area contributed by atoms with Crippen LogP contribution >= 0.6 is 0 Å². The molecule has 1 aromatic carbocycles. The third-order valence-electron chi connectivity index (χ3n) is 7.08. The number of amides is 2. The smallest absolute Gasteiger partial charge is 0.226 e. The summed E-state index contributed by atoms with van der Waals surface area (Å²) in [5.41, 5.74) is 0.847. The lowest BCUT2D eigenvalue weighted by Gasteiger charge is -2.41. The monoisotopic (exact) mass is 452 g/mol. The highest BCUT2D eigenvalue weighted by Gasteiger charge is 2.42. The number of aryl methyl sites for hydroxylation is 2. The van der Waals surface area contributed by atoms with E-state index in [9.17, 15) is 9.59 Å². The number of carbonyl (C=O) groups is 2. The molecule has 178 valence electrons. The molecule has 1 aromatic heterocycles. The fourth-order valence-electron chi connectivity index (χ4n) is 5.02. The van der Waals surface area contributed by atoms with Crippen LogP contribution in [-0.4, -0.2) is 52.2 Å². The average molecular weight is 453 g/mol. The standard InChI is InChI=1S/C26H36N4O3/c1-21-20-33-23-10-3-2-8-22(23)9-4-5-12-26(25(32)28-21)13-18-29(19-14-26)24(31)11-6-16-30-17-7-15-27-30/h2-3,7-8,10,15,17,21H,4-6,9,11-14,16,18-20H2,1H3,(H,28,32)/t21-/m0/s1. The minimum Gasteiger partial charge on any atom is -0.491 e. The van der Waals surface area contributed by atoms with Crippen LogP contribution in [0.3, 0.4) is 0 Å². The molecule has 2 amide bonds. The zero-order chi connectivity index (χ0) is 23.1. The van der Waals surface area contributed by atoms with Crippen LogP contribution in [-0.2, 0) is 22.6 Å². The summed E-state index contributed by atoms with van der Waals surface area (Å²) in [6, 6.07) is 10.0. The Labute approximate surface area is 196 Å². The number of aromatic nitrogens is 2. The van der Waals surface area contributed by atoms with Crippen LogP contribution in [0.15, 0.2) is 42.7 Å². The Morgan fingerprint density at radius 1 is 1.18 bits per heavy atom. The molecule has 0 unspecified atom stereocenters. The van der Waals surface area contributed by atoms with E-state index in [2.05, 4.69) is 22.5 Å². The van der Waals surface area contributed by atoms with E-state index < -0.39 is 5.41 Å². The summed E-state index contributed by atoms with van der Waals surface area (Å²) in [4.78, 5) is 28.0. The van der Waals surface area contributed by atoms with E-state index in [0.717, 1.165) is 57.2 Å². The van der Waals surface area contributed by atoms with Crippen LogP contribution in [0.1, 0.15) is 57.4 Å². The minimum atomic E-state index is -0.390. The maximum Gasteiger partial charge on any atom is 0.226 e. The lowest BCUT2D eigenvalue weighted by atomic mass is 9.73. The maximum atomic E-state index is 13.4. The summed E-state index contributed by atoms with van der Waals surface area (Å²) in [5.74, 6) is 1.23. The highest BCUT2D eigenvalue weighted by atomic mass is 16.5. The SMILES string of the molecule is C[C@H]1COc2ccccc2CCCCC2(CCN(C(=O)CCCn3cccn3)CC2)C(=O)N1. The molecule has 7 nitrogen and oxygen atoms in total. The second-order valence-corrected chi connectivity index (χ2v) is 9.53. The van der Waals surface area contributed by atoms with Gasteiger partial charge in [0.25, 0.3) is 0 Å². The molecule has 1 atom stereocenters. The zero-order valence-corrected chi connectivity index (χ0v) is 19.7. The van der Waals surface area contributed by atoms with Crippen molar-refractivity contribution in [2.45, 2.75) is 70.9 Å². The number of likely N-dealkylation sites (tertiary alicyclic amines) is 1. The number of carbonyl (C=O) groups excluding carboxylic acids is 2. The van der Waals surface area contributed by atoms with Gasteiger partial charge in [-0.05, 0) is 63.1 Å². The zero-order valence-electron chi connectivity index (χ0n) is 19.7. The van der Waals surface area contributed by atoms with Crippen LogP contribution < -0.4 is 10.1 Å². The molecule has 1 fully saturated rings. The molecule has 4 rings (SSSR count). The van der Waals surface area contributed by atoms with Gasteiger partial charge in [0.05, 0.1) is 11.5 Å². The molecule has 7 heteroatoms. The van der Waals surface area contributed by atoms with Gasteiger partial charge < -0.3 is 15.0 Å². The first-order chi connectivity index (χ1) is 16.1. The first-order valence-corrected chi connectivity index (χ1v) is 12.3. The van der Waals surface area contributed by atoms with Crippen molar-refractivity contribution in [1.29, 1.82) is 0 Å². The first kappa shape index (κ1) is 23.3. The van der Waals surface area contributed by atoms with Gasteiger partial charge in [0.15, 0.2) is 0 Å². The molecule has 3 heterocycles. The van der Waals surface area contributed by atoms with E-state index in [0.29, 0.717) is 26.1 Å². The number of hydrogen-bond donors (Lipinski definition) is 1. The van der Waals surface area contributed by atoms with Crippen molar-refractivity contribution in [1.82, 2.24) is 20.0 Å². The first-order valence-electron chi connectivity index (χ1n) is 12.3. The molecule has 33 heavy (non-hydrogen) atoms. The van der Waals surface area contributed by atoms with Crippen LogP contribution in [0.2, 0.25) is 0 Å². The topological polar surface area (TPSA) is 76.5 Å². The second-order valence-electron chi connectivity index (χ2n) is 9.53. The Kier molecular flexibility index (Phi) is 7.68. The summed E-state index contributed by atoms with van der Waals surface area (Å²) in [7, 11) is 0. The van der Waals surface area contributed by atoms with Gasteiger partial charge in [0, 0.05) is 38.4 Å². The van der Waals surface area contributed by atoms with Crippen molar-refractivity contribution in [2.24, 2.45) is 5.41 Å². The van der Waals surface area contributed by atoms with Crippen LogP contribution in [0.5, 0.6) is 5.75 Å². The summed E-state index contributed by atoms with van der Waals surface area (Å²) in [6.07, 6.45) is 10.3. The minimum absolute atomic E-state index is 0.0659. The highest BCUT2D eigenvalue weighted by molar-refractivity contribution is 5.83. The van der Waals surface area contributed by atoms with Gasteiger partial charge >= 0.3 is 0 Å². The molecule has 0 aliphatic carbocycles. The summed E-state index contributed by atoms with van der Waals surface area (Å²) in [6.45, 7) is 4.52. The number of rotatable bonds is 4. The largest absolute Gasteiger partial charge is 0.491 e. The number of piperidine rings is 1. The number of para-hydroxylation sites is 1. The van der Waals surface area contributed by atoms with Crippen molar-refractivity contribution in [3.8, 4) is 5.75 Å². The van der Waals surface area contributed by atoms with Gasteiger partial charge in [-0.1, -0.05) is 24.6 Å². The van der Waals surface area contributed by atoms with Gasteiger partial charge in [0.1, 0.15) is 12.4 Å². The molecule has 2 aromatic rings. The van der Waals surface area contributed by atoms with E-state index in [1.165, 1.54) is 5.56 Å². The normalized spacial score (nSPS) is 21.3. The van der Waals surface area contributed by atoms with Gasteiger partial charge in [-0.2, -0.15) is 5.10 Å². The lowest BCUT2D eigenvalue weighted by molar-refractivity contribution is -0.141. The number of ether oxygens (including phenoxy) is 1. The number of nitrogens with one attached hydrogen (secondary N) is 1. The van der Waals surface area contributed by atoms with Crippen molar-refractivity contribution in [2.75, 3.05) is 19.7 Å². The van der Waals surface area contributed by atoms with E-state index in [-0.39, 0.29) is 17.9 Å². The number of fused-ring (bicyclic) bond motifs is 1. The van der Waals surface area contributed by atoms with Gasteiger partial charge in [0.2, 0.25) is 11.8 Å². The Morgan fingerprint density at radius 3 is 2.79 bits per heavy atom. The quantitative estimate of drug-likeness (QED) is 0.769. The fourth-order valence-corrected chi connectivity index (χ4v) is 5.02. The average Bonchev–Trinajstić information content (AvgIpc) is 3.34. The van der Waals surface area contributed by atoms with E-state index in [4.69, 9.17) is 4.74 Å². The van der Waals surface area contributed by atoms with Gasteiger partial charge in [-0.3, -0.25) is 14.3 Å². The van der Waals surface area contributed by atoms with Crippen LogP contribution in [0.25, 0.3) is 0 Å². The van der Waals surface area contributed by atoms with Gasteiger partial charge in [-0.25, -0.2) is 0 Å². The highest BCUT2D eigenvalue weighted by Crippen LogP contribution is 2.38.